The molecule has 2 aromatic carbocycles. The van der Waals surface area contributed by atoms with Crippen LogP contribution in [0.5, 0.6) is 5.75 Å². The van der Waals surface area contributed by atoms with Crippen LogP contribution in [0, 0.1) is 5.82 Å². The molecule has 6 heteroatoms. The van der Waals surface area contributed by atoms with Crippen LogP contribution in [-0.4, -0.2) is 13.5 Å². The van der Waals surface area contributed by atoms with Gasteiger partial charge in [0, 0.05) is 0 Å². The molecule has 0 amide bonds. The first-order valence-electron chi connectivity index (χ1n) is 5.44. The van der Waals surface area contributed by atoms with Gasteiger partial charge in [0.2, 0.25) is 0 Å². The second-order valence-corrected chi connectivity index (χ2v) is 6.10. The second-order valence-electron chi connectivity index (χ2n) is 4.11. The van der Waals surface area contributed by atoms with Gasteiger partial charge in [-0.2, -0.15) is 0 Å². The summed E-state index contributed by atoms with van der Waals surface area (Å²) in [6.07, 6.45) is 0. The van der Waals surface area contributed by atoms with E-state index in [1.807, 2.05) is 0 Å². The predicted octanol–water partition coefficient (Wildman–Crippen LogP) is 2.09. The Kier molecular flexibility index (Phi) is 3.44. The molecule has 0 aliphatic carbocycles. The van der Waals surface area contributed by atoms with Crippen LogP contribution in [0.15, 0.2) is 47.4 Å². The van der Waals surface area contributed by atoms with Crippen molar-refractivity contribution in [2.75, 3.05) is 5.73 Å². The minimum absolute atomic E-state index is 0.0174. The highest BCUT2D eigenvalue weighted by Crippen LogP contribution is 2.21. The van der Waals surface area contributed by atoms with Crippen molar-refractivity contribution in [3.63, 3.8) is 0 Å². The molecular weight excluding hydrogens is 269 g/mol. The minimum Gasteiger partial charge on any atom is -0.508 e. The molecule has 4 nitrogen and oxygen atoms in total. The molecule has 2 rings (SSSR count). The summed E-state index contributed by atoms with van der Waals surface area (Å²) in [5.41, 5.74) is 5.63. The first kappa shape index (κ1) is 13.4. The maximum Gasteiger partial charge on any atom is 0.182 e. The van der Waals surface area contributed by atoms with Crippen LogP contribution in [0.1, 0.15) is 5.56 Å². The zero-order valence-corrected chi connectivity index (χ0v) is 10.7. The van der Waals surface area contributed by atoms with Crippen LogP contribution in [0.2, 0.25) is 0 Å². The molecule has 0 fully saturated rings. The number of hydrogen-bond acceptors (Lipinski definition) is 4. The number of sulfone groups is 1. The normalized spacial score (nSPS) is 11.4. The average Bonchev–Trinajstić information content (AvgIpc) is 2.32. The standard InChI is InChI=1S/C13H12FNO3S/c14-12-7-11(4-5-13(12)15)19(17,18)8-9-2-1-3-10(16)6-9/h1-7,16H,8,15H2. The summed E-state index contributed by atoms with van der Waals surface area (Å²) in [6.45, 7) is 0. The van der Waals surface area contributed by atoms with E-state index in [0.29, 0.717) is 5.56 Å². The van der Waals surface area contributed by atoms with Crippen molar-refractivity contribution in [3.8, 4) is 5.75 Å². The van der Waals surface area contributed by atoms with Crippen molar-refractivity contribution in [2.45, 2.75) is 10.6 Å². The first-order chi connectivity index (χ1) is 8.88. The number of rotatable bonds is 3. The number of phenols is 1. The molecule has 100 valence electrons. The van der Waals surface area contributed by atoms with Gasteiger partial charge in [-0.3, -0.25) is 0 Å². The molecule has 0 saturated carbocycles. The Bertz CT molecular complexity index is 714. The molecule has 0 unspecified atom stereocenters. The van der Waals surface area contributed by atoms with Crippen molar-refractivity contribution in [1.29, 1.82) is 0 Å². The summed E-state index contributed by atoms with van der Waals surface area (Å²) in [5.74, 6) is -1.10. The maximum atomic E-state index is 13.3. The molecule has 0 spiro atoms. The van der Waals surface area contributed by atoms with Crippen molar-refractivity contribution in [1.82, 2.24) is 0 Å². The molecule has 0 aromatic heterocycles. The van der Waals surface area contributed by atoms with Crippen LogP contribution in [-0.2, 0) is 15.6 Å². The zero-order valence-electron chi connectivity index (χ0n) is 9.88. The van der Waals surface area contributed by atoms with Gasteiger partial charge in [-0.05, 0) is 35.9 Å². The number of nitrogen functional groups attached to an aromatic ring is 1. The zero-order chi connectivity index (χ0) is 14.0. The topological polar surface area (TPSA) is 80.4 Å². The molecular formula is C13H12FNO3S. The molecule has 0 saturated heterocycles. The molecule has 0 heterocycles. The third-order valence-electron chi connectivity index (χ3n) is 2.60. The third-order valence-corrected chi connectivity index (χ3v) is 4.28. The fourth-order valence-electron chi connectivity index (χ4n) is 1.65. The summed E-state index contributed by atoms with van der Waals surface area (Å²) in [7, 11) is -3.68. The smallest absolute Gasteiger partial charge is 0.182 e. The van der Waals surface area contributed by atoms with Crippen LogP contribution in [0.3, 0.4) is 0 Å². The number of hydrogen-bond donors (Lipinski definition) is 2. The van der Waals surface area contributed by atoms with Gasteiger partial charge in [-0.1, -0.05) is 12.1 Å². The Morgan fingerprint density at radius 1 is 1.16 bits per heavy atom. The van der Waals surface area contributed by atoms with E-state index in [2.05, 4.69) is 0 Å². The highest BCUT2D eigenvalue weighted by molar-refractivity contribution is 7.90. The van der Waals surface area contributed by atoms with Crippen molar-refractivity contribution in [3.05, 3.63) is 53.8 Å². The Hall–Kier alpha value is -2.08. The predicted molar refractivity (Wildman–Crippen MR) is 69.8 cm³/mol. The van der Waals surface area contributed by atoms with Crippen LogP contribution < -0.4 is 5.73 Å². The van der Waals surface area contributed by atoms with Gasteiger partial charge in [-0.25, -0.2) is 12.8 Å². The lowest BCUT2D eigenvalue weighted by atomic mass is 10.2. The lowest BCUT2D eigenvalue weighted by Crippen LogP contribution is -2.06. The summed E-state index contributed by atoms with van der Waals surface area (Å²) in [4.78, 5) is -0.137. The molecule has 0 aliphatic heterocycles. The van der Waals surface area contributed by atoms with Gasteiger partial charge < -0.3 is 10.8 Å². The molecule has 0 atom stereocenters. The van der Waals surface area contributed by atoms with E-state index in [0.717, 1.165) is 6.07 Å². The van der Waals surface area contributed by atoms with Gasteiger partial charge in [0.15, 0.2) is 9.84 Å². The largest absolute Gasteiger partial charge is 0.508 e. The molecule has 0 bridgehead atoms. The van der Waals surface area contributed by atoms with E-state index in [9.17, 15) is 17.9 Å². The number of nitrogens with two attached hydrogens (primary N) is 1. The minimum atomic E-state index is -3.68. The second kappa shape index (κ2) is 4.89. The highest BCUT2D eigenvalue weighted by atomic mass is 32.2. The number of anilines is 1. The van der Waals surface area contributed by atoms with E-state index >= 15 is 0 Å². The summed E-state index contributed by atoms with van der Waals surface area (Å²) >= 11 is 0. The van der Waals surface area contributed by atoms with Crippen LogP contribution in [0.25, 0.3) is 0 Å². The van der Waals surface area contributed by atoms with E-state index in [-0.39, 0.29) is 22.1 Å². The number of benzene rings is 2. The van der Waals surface area contributed by atoms with Gasteiger partial charge in [0.05, 0.1) is 16.3 Å². The third kappa shape index (κ3) is 3.03. The monoisotopic (exact) mass is 281 g/mol. The van der Waals surface area contributed by atoms with Crippen LogP contribution >= 0.6 is 0 Å². The number of aromatic hydroxyl groups is 1. The van der Waals surface area contributed by atoms with E-state index in [1.54, 1.807) is 12.1 Å². The first-order valence-corrected chi connectivity index (χ1v) is 7.09. The van der Waals surface area contributed by atoms with Crippen molar-refractivity contribution >= 4 is 15.5 Å². The van der Waals surface area contributed by atoms with E-state index in [1.165, 1.54) is 24.3 Å². The lowest BCUT2D eigenvalue weighted by molar-refractivity contribution is 0.475. The van der Waals surface area contributed by atoms with Gasteiger partial charge in [0.1, 0.15) is 11.6 Å². The van der Waals surface area contributed by atoms with E-state index < -0.39 is 15.7 Å². The lowest BCUT2D eigenvalue weighted by Gasteiger charge is -2.06. The van der Waals surface area contributed by atoms with Gasteiger partial charge in [0.25, 0.3) is 0 Å². The van der Waals surface area contributed by atoms with Crippen LogP contribution in [0.4, 0.5) is 10.1 Å². The van der Waals surface area contributed by atoms with Gasteiger partial charge >= 0.3 is 0 Å². The summed E-state index contributed by atoms with van der Waals surface area (Å²) in [5, 5.41) is 9.29. The Morgan fingerprint density at radius 2 is 1.89 bits per heavy atom. The Balaban J connectivity index is 2.35. The number of halogens is 1. The SMILES string of the molecule is Nc1ccc(S(=O)(=O)Cc2cccc(O)c2)cc1F. The molecule has 3 N–H and O–H groups in total. The van der Waals surface area contributed by atoms with Crippen molar-refractivity contribution in [2.24, 2.45) is 0 Å². The van der Waals surface area contributed by atoms with Crippen molar-refractivity contribution < 1.29 is 17.9 Å². The highest BCUT2D eigenvalue weighted by Gasteiger charge is 2.17. The molecule has 0 aliphatic rings. The fraction of sp³-hybridized carbons (Fsp3) is 0.0769. The average molecular weight is 281 g/mol. The summed E-state index contributed by atoms with van der Waals surface area (Å²) in [6, 6.07) is 9.29. The quantitative estimate of drug-likeness (QED) is 0.844. The maximum absolute atomic E-state index is 13.3. The van der Waals surface area contributed by atoms with Gasteiger partial charge in [-0.15, -0.1) is 0 Å². The summed E-state index contributed by atoms with van der Waals surface area (Å²) < 4.78 is 37.5. The Labute approximate surface area is 110 Å². The number of phenolic OH excluding ortho intramolecular Hbond substituents is 1. The fourth-order valence-corrected chi connectivity index (χ4v) is 2.99. The molecule has 0 radical (unpaired) electrons. The van der Waals surface area contributed by atoms with E-state index in [4.69, 9.17) is 5.73 Å². The Morgan fingerprint density at radius 3 is 2.53 bits per heavy atom. The molecule has 2 aromatic rings. The molecule has 19 heavy (non-hydrogen) atoms.